The van der Waals surface area contributed by atoms with Crippen molar-refractivity contribution in [1.29, 1.82) is 0 Å². The van der Waals surface area contributed by atoms with Gasteiger partial charge >= 0.3 is 0 Å². The number of carbonyl (C=O) groups is 1. The molecular formula is C25H38F2N2O3. The van der Waals surface area contributed by atoms with Gasteiger partial charge in [-0.3, -0.25) is 4.79 Å². The van der Waals surface area contributed by atoms with Crippen LogP contribution in [-0.4, -0.2) is 48.5 Å². The molecule has 0 spiro atoms. The number of nitrogens with one attached hydrogen (secondary N) is 2. The Morgan fingerprint density at radius 2 is 1.84 bits per heavy atom. The third-order valence-corrected chi connectivity index (χ3v) is 6.94. The number of hydrogen-bond acceptors (Lipinski definition) is 4. The van der Waals surface area contributed by atoms with E-state index in [1.165, 1.54) is 25.5 Å². The van der Waals surface area contributed by atoms with Crippen LogP contribution in [0.5, 0.6) is 0 Å². The molecule has 0 saturated heterocycles. The highest BCUT2D eigenvalue weighted by molar-refractivity contribution is 5.73. The largest absolute Gasteiger partial charge is 0.390 e. The Hall–Kier alpha value is -1.57. The standard InChI is InChI=1S/C25H38F2N2O3/c1-16(30)29-22(12-17-10-18(26)13-19(27)11-17)23(31)14-28-25(20-6-5-7-21(20)25)15-32-9-8-24(2,3)4/h10-11,13,20-23,28,31H,5-9,12,14-15H2,1-4H3,(H,29,30). The van der Waals surface area contributed by atoms with Gasteiger partial charge < -0.3 is 20.5 Å². The van der Waals surface area contributed by atoms with E-state index >= 15 is 0 Å². The third kappa shape index (κ3) is 6.49. The van der Waals surface area contributed by atoms with Gasteiger partial charge in [0.1, 0.15) is 11.6 Å². The first-order valence-electron chi connectivity index (χ1n) is 11.7. The Labute approximate surface area is 190 Å². The van der Waals surface area contributed by atoms with Crippen LogP contribution in [0.2, 0.25) is 0 Å². The zero-order valence-electron chi connectivity index (χ0n) is 19.7. The highest BCUT2D eigenvalue weighted by atomic mass is 19.1. The molecule has 0 aromatic heterocycles. The number of rotatable bonds is 11. The zero-order chi connectivity index (χ0) is 23.5. The first-order chi connectivity index (χ1) is 15.0. The molecule has 5 nitrogen and oxygen atoms in total. The maximum Gasteiger partial charge on any atom is 0.217 e. The van der Waals surface area contributed by atoms with Crippen molar-refractivity contribution < 1.29 is 23.4 Å². The Bertz CT molecular complexity index is 766. The van der Waals surface area contributed by atoms with Crippen molar-refractivity contribution in [3.63, 3.8) is 0 Å². The molecule has 0 aliphatic heterocycles. The van der Waals surface area contributed by atoms with Gasteiger partial charge in [-0.15, -0.1) is 0 Å². The second-order valence-electron chi connectivity index (χ2n) is 10.8. The minimum Gasteiger partial charge on any atom is -0.390 e. The molecule has 180 valence electrons. The Balaban J connectivity index is 1.60. The van der Waals surface area contributed by atoms with E-state index in [4.69, 9.17) is 4.74 Å². The number of fused-ring (bicyclic) bond motifs is 1. The molecule has 2 aliphatic carbocycles. The van der Waals surface area contributed by atoms with E-state index in [1.807, 2.05) is 0 Å². The van der Waals surface area contributed by atoms with Crippen LogP contribution in [0.25, 0.3) is 0 Å². The van der Waals surface area contributed by atoms with E-state index < -0.39 is 23.8 Å². The number of halogens is 2. The molecule has 2 aliphatic rings. The topological polar surface area (TPSA) is 70.6 Å². The first-order valence-corrected chi connectivity index (χ1v) is 11.7. The van der Waals surface area contributed by atoms with Gasteiger partial charge in [0.25, 0.3) is 0 Å². The lowest BCUT2D eigenvalue weighted by Crippen LogP contribution is -2.52. The summed E-state index contributed by atoms with van der Waals surface area (Å²) < 4.78 is 33.2. The number of amides is 1. The molecule has 32 heavy (non-hydrogen) atoms. The molecule has 7 heteroatoms. The first kappa shape index (κ1) is 25.1. The van der Waals surface area contributed by atoms with Crippen molar-refractivity contribution in [2.75, 3.05) is 19.8 Å². The monoisotopic (exact) mass is 452 g/mol. The van der Waals surface area contributed by atoms with Crippen LogP contribution < -0.4 is 10.6 Å². The fourth-order valence-electron chi connectivity index (χ4n) is 5.19. The van der Waals surface area contributed by atoms with Crippen molar-refractivity contribution in [2.24, 2.45) is 17.3 Å². The molecule has 1 aromatic rings. The highest BCUT2D eigenvalue weighted by Gasteiger charge is 2.65. The maximum absolute atomic E-state index is 13.6. The molecular weight excluding hydrogens is 414 g/mol. The number of hydrogen-bond donors (Lipinski definition) is 3. The van der Waals surface area contributed by atoms with Crippen LogP contribution in [0.4, 0.5) is 8.78 Å². The lowest BCUT2D eigenvalue weighted by Gasteiger charge is -2.29. The summed E-state index contributed by atoms with van der Waals surface area (Å²) in [5.74, 6) is -0.533. The summed E-state index contributed by atoms with van der Waals surface area (Å²) in [6, 6.07) is 2.62. The Kier molecular flexibility index (Phi) is 7.94. The second kappa shape index (κ2) is 10.1. The molecule has 2 fully saturated rings. The summed E-state index contributed by atoms with van der Waals surface area (Å²) in [5, 5.41) is 17.2. The van der Waals surface area contributed by atoms with Gasteiger partial charge in [-0.25, -0.2) is 8.78 Å². The molecule has 3 N–H and O–H groups in total. The fourth-order valence-corrected chi connectivity index (χ4v) is 5.19. The maximum atomic E-state index is 13.6. The fraction of sp³-hybridized carbons (Fsp3) is 0.720. The number of carbonyl (C=O) groups excluding carboxylic acids is 1. The van der Waals surface area contributed by atoms with Crippen molar-refractivity contribution in [3.8, 4) is 0 Å². The van der Waals surface area contributed by atoms with Crippen LogP contribution in [0.15, 0.2) is 18.2 Å². The molecule has 0 bridgehead atoms. The van der Waals surface area contributed by atoms with E-state index in [2.05, 4.69) is 31.4 Å². The quantitative estimate of drug-likeness (QED) is 0.449. The normalized spacial score (nSPS) is 26.5. The van der Waals surface area contributed by atoms with Gasteiger partial charge in [-0.2, -0.15) is 0 Å². The van der Waals surface area contributed by atoms with Crippen molar-refractivity contribution in [1.82, 2.24) is 10.6 Å². The number of ether oxygens (including phenoxy) is 1. The van der Waals surface area contributed by atoms with Gasteiger partial charge in [0, 0.05) is 31.7 Å². The van der Waals surface area contributed by atoms with Gasteiger partial charge in [0.15, 0.2) is 0 Å². The summed E-state index contributed by atoms with van der Waals surface area (Å²) in [7, 11) is 0. The van der Waals surface area contributed by atoms with E-state index in [1.54, 1.807) is 0 Å². The minimum atomic E-state index is -0.905. The van der Waals surface area contributed by atoms with Gasteiger partial charge in [-0.05, 0) is 60.6 Å². The van der Waals surface area contributed by atoms with E-state index in [0.717, 1.165) is 25.3 Å². The lowest BCUT2D eigenvalue weighted by molar-refractivity contribution is -0.120. The summed E-state index contributed by atoms with van der Waals surface area (Å²) in [4.78, 5) is 11.7. The number of benzene rings is 1. The van der Waals surface area contributed by atoms with Crippen molar-refractivity contribution in [2.45, 2.75) is 77.5 Å². The molecule has 2 saturated carbocycles. The summed E-state index contributed by atoms with van der Waals surface area (Å²) in [6.45, 7) is 9.55. The zero-order valence-corrected chi connectivity index (χ0v) is 19.7. The predicted octanol–water partition coefficient (Wildman–Crippen LogP) is 3.58. The highest BCUT2D eigenvalue weighted by Crippen LogP contribution is 2.60. The van der Waals surface area contributed by atoms with Crippen LogP contribution in [-0.2, 0) is 16.0 Å². The molecule has 4 unspecified atom stereocenters. The molecule has 1 amide bonds. The van der Waals surface area contributed by atoms with Crippen LogP contribution in [0.1, 0.15) is 58.9 Å². The molecule has 3 rings (SSSR count). The van der Waals surface area contributed by atoms with Gasteiger partial charge in [-0.1, -0.05) is 27.2 Å². The second-order valence-corrected chi connectivity index (χ2v) is 10.8. The summed E-state index contributed by atoms with van der Waals surface area (Å²) >= 11 is 0. The SMILES string of the molecule is CC(=O)NC(Cc1cc(F)cc(F)c1)C(O)CNC1(COCCC(C)(C)C)C2CCCC21. The molecule has 4 atom stereocenters. The van der Waals surface area contributed by atoms with E-state index in [9.17, 15) is 18.7 Å². The number of aliphatic hydroxyl groups excluding tert-OH is 1. The number of aliphatic hydroxyl groups is 1. The van der Waals surface area contributed by atoms with Gasteiger partial charge in [0.05, 0.1) is 18.8 Å². The minimum absolute atomic E-state index is 0.122. The van der Waals surface area contributed by atoms with Crippen molar-refractivity contribution >= 4 is 5.91 Å². The van der Waals surface area contributed by atoms with E-state index in [0.29, 0.717) is 30.6 Å². The molecule has 0 heterocycles. The molecule has 1 aromatic carbocycles. The van der Waals surface area contributed by atoms with Crippen molar-refractivity contribution in [3.05, 3.63) is 35.4 Å². The van der Waals surface area contributed by atoms with E-state index in [-0.39, 0.29) is 29.8 Å². The van der Waals surface area contributed by atoms with Crippen LogP contribution in [0, 0.1) is 28.9 Å². The van der Waals surface area contributed by atoms with Gasteiger partial charge in [0.2, 0.25) is 5.91 Å². The average Bonchev–Trinajstić information content (AvgIpc) is 2.99. The summed E-state index contributed by atoms with van der Waals surface area (Å²) in [5.41, 5.74) is 0.491. The lowest BCUT2D eigenvalue weighted by atomic mass is 9.93. The Morgan fingerprint density at radius 3 is 2.41 bits per heavy atom. The third-order valence-electron chi connectivity index (χ3n) is 6.94. The smallest absolute Gasteiger partial charge is 0.217 e. The molecule has 0 radical (unpaired) electrons. The summed E-state index contributed by atoms with van der Waals surface area (Å²) in [6.07, 6.45) is 3.76. The average molecular weight is 453 g/mol. The Morgan fingerprint density at radius 1 is 1.22 bits per heavy atom. The van der Waals surface area contributed by atoms with Crippen LogP contribution in [0.3, 0.4) is 0 Å². The number of β-amino-alcohol motifs (C(OH)–C–C–N with tert-alkyl or cyclic N) is 1. The predicted molar refractivity (Wildman–Crippen MR) is 120 cm³/mol. The van der Waals surface area contributed by atoms with Crippen LogP contribution >= 0.6 is 0 Å².